The molecule has 1 heterocycles. The fraction of sp³-hybridized carbons (Fsp3) is 0.0833. The van der Waals surface area contributed by atoms with E-state index in [1.54, 1.807) is 11.3 Å². The molecule has 74 valence electrons. The molecule has 15 heavy (non-hydrogen) atoms. The van der Waals surface area contributed by atoms with Gasteiger partial charge in [-0.1, -0.05) is 12.1 Å². The lowest BCUT2D eigenvalue weighted by atomic mass is 10.1. The van der Waals surface area contributed by atoms with Gasteiger partial charge in [0.25, 0.3) is 0 Å². The number of nitrogens with zero attached hydrogens (tertiary/aromatic N) is 1. The Morgan fingerprint density at radius 2 is 2.00 bits per heavy atom. The second-order valence-electron chi connectivity index (χ2n) is 3.17. The summed E-state index contributed by atoms with van der Waals surface area (Å²) in [7, 11) is 0. The zero-order valence-corrected chi connectivity index (χ0v) is 8.92. The molecule has 0 saturated carbocycles. The molecule has 0 saturated heterocycles. The molecular weight excluding hydrogens is 204 g/mol. The number of benzene rings is 1. The van der Waals surface area contributed by atoms with Gasteiger partial charge in [-0.2, -0.15) is 16.6 Å². The standard InChI is InChI=1S/C12H10N2S/c13-7-10-1-3-11(4-2-10)8-14-12-5-6-15-9-12/h1-6,9,14H,8H2. The first kappa shape index (κ1) is 9.75. The highest BCUT2D eigenvalue weighted by Crippen LogP contribution is 2.13. The van der Waals surface area contributed by atoms with E-state index < -0.39 is 0 Å². The molecule has 1 aromatic heterocycles. The Hall–Kier alpha value is -1.79. The van der Waals surface area contributed by atoms with Gasteiger partial charge in [-0.15, -0.1) is 0 Å². The van der Waals surface area contributed by atoms with Crippen molar-refractivity contribution in [2.75, 3.05) is 5.32 Å². The van der Waals surface area contributed by atoms with E-state index >= 15 is 0 Å². The highest BCUT2D eigenvalue weighted by Gasteiger charge is 1.94. The van der Waals surface area contributed by atoms with Crippen LogP contribution in [0.1, 0.15) is 11.1 Å². The van der Waals surface area contributed by atoms with Crippen molar-refractivity contribution in [3.8, 4) is 6.07 Å². The van der Waals surface area contributed by atoms with E-state index in [0.717, 1.165) is 12.2 Å². The second kappa shape index (κ2) is 4.63. The molecule has 0 amide bonds. The summed E-state index contributed by atoms with van der Waals surface area (Å²) in [4.78, 5) is 0. The van der Waals surface area contributed by atoms with E-state index in [4.69, 9.17) is 5.26 Å². The Kier molecular flexibility index (Phi) is 3.01. The van der Waals surface area contributed by atoms with Gasteiger partial charge < -0.3 is 5.32 Å². The molecule has 0 unspecified atom stereocenters. The molecule has 2 rings (SSSR count). The molecule has 0 aliphatic rings. The summed E-state index contributed by atoms with van der Waals surface area (Å²) in [5, 5.41) is 16.1. The lowest BCUT2D eigenvalue weighted by Crippen LogP contribution is -1.97. The SMILES string of the molecule is N#Cc1ccc(CNc2ccsc2)cc1. The minimum absolute atomic E-state index is 0.703. The largest absolute Gasteiger partial charge is 0.380 e. The lowest BCUT2D eigenvalue weighted by molar-refractivity contribution is 1.15. The van der Waals surface area contributed by atoms with Crippen LogP contribution in [0.2, 0.25) is 0 Å². The summed E-state index contributed by atoms with van der Waals surface area (Å²) < 4.78 is 0. The number of anilines is 1. The summed E-state index contributed by atoms with van der Waals surface area (Å²) in [6, 6.07) is 11.8. The summed E-state index contributed by atoms with van der Waals surface area (Å²) in [6.45, 7) is 0.794. The topological polar surface area (TPSA) is 35.8 Å². The number of nitriles is 1. The van der Waals surface area contributed by atoms with E-state index in [-0.39, 0.29) is 0 Å². The van der Waals surface area contributed by atoms with Crippen molar-refractivity contribution in [1.82, 2.24) is 0 Å². The normalized spacial score (nSPS) is 9.53. The van der Waals surface area contributed by atoms with Gasteiger partial charge in [-0.25, -0.2) is 0 Å². The van der Waals surface area contributed by atoms with Gasteiger partial charge in [-0.05, 0) is 29.1 Å². The summed E-state index contributed by atoms with van der Waals surface area (Å²) >= 11 is 1.68. The van der Waals surface area contributed by atoms with Crippen molar-refractivity contribution < 1.29 is 0 Å². The van der Waals surface area contributed by atoms with E-state index in [2.05, 4.69) is 16.8 Å². The Labute approximate surface area is 92.8 Å². The smallest absolute Gasteiger partial charge is 0.0991 e. The minimum atomic E-state index is 0.703. The van der Waals surface area contributed by atoms with Crippen LogP contribution in [-0.4, -0.2) is 0 Å². The third-order valence-corrected chi connectivity index (χ3v) is 2.78. The quantitative estimate of drug-likeness (QED) is 0.851. The van der Waals surface area contributed by atoms with E-state index in [1.165, 1.54) is 5.56 Å². The molecule has 3 heteroatoms. The first-order valence-electron chi connectivity index (χ1n) is 4.63. The summed E-state index contributed by atoms with van der Waals surface area (Å²) in [6.07, 6.45) is 0. The van der Waals surface area contributed by atoms with Crippen LogP contribution in [-0.2, 0) is 6.54 Å². The predicted molar refractivity (Wildman–Crippen MR) is 62.8 cm³/mol. The molecule has 0 radical (unpaired) electrons. The monoisotopic (exact) mass is 214 g/mol. The van der Waals surface area contributed by atoms with E-state index in [0.29, 0.717) is 5.56 Å². The Balaban J connectivity index is 1.97. The number of thiophene rings is 1. The number of nitrogens with one attached hydrogen (secondary N) is 1. The van der Waals surface area contributed by atoms with Gasteiger partial charge in [0.15, 0.2) is 0 Å². The van der Waals surface area contributed by atoms with Gasteiger partial charge in [-0.3, -0.25) is 0 Å². The number of hydrogen-bond acceptors (Lipinski definition) is 3. The molecule has 1 aromatic carbocycles. The Bertz CT molecular complexity index is 451. The third kappa shape index (κ3) is 2.58. The zero-order chi connectivity index (χ0) is 10.5. The van der Waals surface area contributed by atoms with Crippen molar-refractivity contribution >= 4 is 17.0 Å². The Morgan fingerprint density at radius 3 is 2.60 bits per heavy atom. The van der Waals surface area contributed by atoms with Crippen molar-refractivity contribution in [1.29, 1.82) is 5.26 Å². The maximum absolute atomic E-state index is 8.64. The minimum Gasteiger partial charge on any atom is -0.380 e. The molecule has 0 fully saturated rings. The average Bonchev–Trinajstić information content (AvgIpc) is 2.80. The number of hydrogen-bond donors (Lipinski definition) is 1. The van der Waals surface area contributed by atoms with Gasteiger partial charge in [0.2, 0.25) is 0 Å². The van der Waals surface area contributed by atoms with Gasteiger partial charge in [0, 0.05) is 17.6 Å². The molecule has 0 aliphatic heterocycles. The third-order valence-electron chi connectivity index (χ3n) is 2.10. The Morgan fingerprint density at radius 1 is 1.20 bits per heavy atom. The van der Waals surface area contributed by atoms with E-state index in [1.807, 2.05) is 35.7 Å². The number of rotatable bonds is 3. The van der Waals surface area contributed by atoms with Gasteiger partial charge in [0.1, 0.15) is 0 Å². The van der Waals surface area contributed by atoms with Crippen LogP contribution in [0.5, 0.6) is 0 Å². The fourth-order valence-electron chi connectivity index (χ4n) is 1.27. The highest BCUT2D eigenvalue weighted by molar-refractivity contribution is 7.08. The van der Waals surface area contributed by atoms with Crippen LogP contribution >= 0.6 is 11.3 Å². The van der Waals surface area contributed by atoms with Crippen molar-refractivity contribution in [2.45, 2.75) is 6.54 Å². The molecule has 1 N–H and O–H groups in total. The zero-order valence-electron chi connectivity index (χ0n) is 8.10. The second-order valence-corrected chi connectivity index (χ2v) is 3.95. The van der Waals surface area contributed by atoms with Crippen LogP contribution in [0.25, 0.3) is 0 Å². The summed E-state index contributed by atoms with van der Waals surface area (Å²) in [5.74, 6) is 0. The van der Waals surface area contributed by atoms with Crippen LogP contribution in [0, 0.1) is 11.3 Å². The molecule has 0 bridgehead atoms. The average molecular weight is 214 g/mol. The van der Waals surface area contributed by atoms with Crippen LogP contribution in [0.3, 0.4) is 0 Å². The molecule has 0 atom stereocenters. The van der Waals surface area contributed by atoms with Crippen molar-refractivity contribution in [2.24, 2.45) is 0 Å². The van der Waals surface area contributed by atoms with Gasteiger partial charge in [0.05, 0.1) is 11.6 Å². The molecule has 2 nitrogen and oxygen atoms in total. The fourth-order valence-corrected chi connectivity index (χ4v) is 1.88. The van der Waals surface area contributed by atoms with Crippen LogP contribution < -0.4 is 5.32 Å². The molecule has 0 aliphatic carbocycles. The molecule has 2 aromatic rings. The van der Waals surface area contributed by atoms with Gasteiger partial charge >= 0.3 is 0 Å². The predicted octanol–water partition coefficient (Wildman–Crippen LogP) is 3.23. The molecule has 0 spiro atoms. The van der Waals surface area contributed by atoms with Crippen molar-refractivity contribution in [3.05, 3.63) is 52.2 Å². The molecular formula is C12H10N2S. The van der Waals surface area contributed by atoms with Crippen molar-refractivity contribution in [3.63, 3.8) is 0 Å². The maximum Gasteiger partial charge on any atom is 0.0991 e. The first-order chi connectivity index (χ1) is 7.38. The van der Waals surface area contributed by atoms with Crippen LogP contribution in [0.4, 0.5) is 5.69 Å². The first-order valence-corrected chi connectivity index (χ1v) is 5.58. The maximum atomic E-state index is 8.64. The van der Waals surface area contributed by atoms with Crippen LogP contribution in [0.15, 0.2) is 41.1 Å². The highest BCUT2D eigenvalue weighted by atomic mass is 32.1. The van der Waals surface area contributed by atoms with E-state index in [9.17, 15) is 0 Å². The summed E-state index contributed by atoms with van der Waals surface area (Å²) in [5.41, 5.74) is 3.03. The lowest BCUT2D eigenvalue weighted by Gasteiger charge is -2.03.